The number of unbranched alkanes of at least 4 members (excludes halogenated alkanes) is 1. The normalized spacial score (nSPS) is 12.6. The summed E-state index contributed by atoms with van der Waals surface area (Å²) in [4.78, 5) is 16.4. The van der Waals surface area contributed by atoms with E-state index >= 15 is 0 Å². The van der Waals surface area contributed by atoms with Crippen molar-refractivity contribution in [1.82, 2.24) is 4.98 Å². The van der Waals surface area contributed by atoms with E-state index in [1.807, 2.05) is 24.5 Å². The van der Waals surface area contributed by atoms with Crippen LogP contribution >= 0.6 is 23.1 Å². The van der Waals surface area contributed by atoms with E-state index in [1.54, 1.807) is 23.1 Å². The van der Waals surface area contributed by atoms with Crippen molar-refractivity contribution in [1.29, 1.82) is 0 Å². The average Bonchev–Trinajstić information content (AvgIpc) is 2.86. The van der Waals surface area contributed by atoms with E-state index in [1.165, 1.54) is 0 Å². The van der Waals surface area contributed by atoms with Crippen molar-refractivity contribution in [2.75, 3.05) is 11.6 Å². The van der Waals surface area contributed by atoms with Crippen molar-refractivity contribution in [2.24, 2.45) is 5.73 Å². The lowest BCUT2D eigenvalue weighted by Gasteiger charge is -2.11. The molecule has 1 aromatic carbocycles. The molecule has 0 unspecified atom stereocenters. The monoisotopic (exact) mass is 309 g/mol. The van der Waals surface area contributed by atoms with Crippen LogP contribution in [0.4, 0.5) is 5.69 Å². The second-order valence-corrected chi connectivity index (χ2v) is 6.69. The maximum Gasteiger partial charge on any atom is 0.241 e. The Kier molecular flexibility index (Phi) is 5.39. The number of thioether (sulfide) groups is 1. The van der Waals surface area contributed by atoms with Gasteiger partial charge in [0.1, 0.15) is 0 Å². The summed E-state index contributed by atoms with van der Waals surface area (Å²) in [5.74, 6) is -0.118. The minimum atomic E-state index is -0.436. The fourth-order valence-corrected chi connectivity index (χ4v) is 3.39. The molecule has 0 spiro atoms. The molecule has 1 atom stereocenters. The van der Waals surface area contributed by atoms with E-state index in [2.05, 4.69) is 17.2 Å². The lowest BCUT2D eigenvalue weighted by atomic mass is 10.1. The van der Waals surface area contributed by atoms with Crippen LogP contribution < -0.4 is 11.1 Å². The summed E-state index contributed by atoms with van der Waals surface area (Å²) in [6, 6.07) is 5.32. The Balaban J connectivity index is 2.07. The summed E-state index contributed by atoms with van der Waals surface area (Å²) in [5, 5.41) is 2.88. The fourth-order valence-electron chi connectivity index (χ4n) is 1.86. The van der Waals surface area contributed by atoms with Gasteiger partial charge in [-0.1, -0.05) is 31.5 Å². The largest absolute Gasteiger partial charge is 0.325 e. The standard InChI is InChI=1S/C14H19N3OS2/c1-3-4-5-10(15)13(18)16-9-6-7-11-12(8-9)20-14(17-11)19-2/h6-8,10H,3-5,15H2,1-2H3,(H,16,18)/t10-/m0/s1. The van der Waals surface area contributed by atoms with E-state index in [0.29, 0.717) is 0 Å². The average molecular weight is 309 g/mol. The summed E-state index contributed by atoms with van der Waals surface area (Å²) in [6.45, 7) is 2.09. The number of nitrogens with two attached hydrogens (primary N) is 1. The first kappa shape index (κ1) is 15.3. The third-order valence-electron chi connectivity index (χ3n) is 3.02. The number of hydrogen-bond donors (Lipinski definition) is 2. The van der Waals surface area contributed by atoms with Gasteiger partial charge in [-0.05, 0) is 30.9 Å². The third kappa shape index (κ3) is 3.71. The molecule has 4 nitrogen and oxygen atoms in total. The molecule has 0 fully saturated rings. The molecule has 0 saturated carbocycles. The maximum atomic E-state index is 12.0. The first-order valence-electron chi connectivity index (χ1n) is 6.65. The highest BCUT2D eigenvalue weighted by Gasteiger charge is 2.13. The number of carbonyl (C=O) groups is 1. The number of benzene rings is 1. The van der Waals surface area contributed by atoms with Crippen LogP contribution in [0.1, 0.15) is 26.2 Å². The molecule has 20 heavy (non-hydrogen) atoms. The highest BCUT2D eigenvalue weighted by atomic mass is 32.2. The molecule has 0 radical (unpaired) electrons. The third-order valence-corrected chi connectivity index (χ3v) is 5.02. The lowest BCUT2D eigenvalue weighted by molar-refractivity contribution is -0.117. The quantitative estimate of drug-likeness (QED) is 0.802. The molecular weight excluding hydrogens is 290 g/mol. The van der Waals surface area contributed by atoms with Crippen LogP contribution in [0.3, 0.4) is 0 Å². The maximum absolute atomic E-state index is 12.0. The van der Waals surface area contributed by atoms with Gasteiger partial charge in [0.15, 0.2) is 4.34 Å². The number of thiazole rings is 1. The van der Waals surface area contributed by atoms with Crippen LogP contribution in [-0.2, 0) is 4.79 Å². The highest BCUT2D eigenvalue weighted by Crippen LogP contribution is 2.29. The number of rotatable bonds is 6. The van der Waals surface area contributed by atoms with Crippen molar-refractivity contribution in [3.8, 4) is 0 Å². The summed E-state index contributed by atoms with van der Waals surface area (Å²) < 4.78 is 2.11. The summed E-state index contributed by atoms with van der Waals surface area (Å²) >= 11 is 3.26. The van der Waals surface area contributed by atoms with Crippen molar-refractivity contribution in [2.45, 2.75) is 36.6 Å². The molecular formula is C14H19N3OS2. The molecule has 3 N–H and O–H groups in total. The topological polar surface area (TPSA) is 68.0 Å². The van der Waals surface area contributed by atoms with E-state index in [-0.39, 0.29) is 5.91 Å². The summed E-state index contributed by atoms with van der Waals surface area (Å²) in [7, 11) is 0. The van der Waals surface area contributed by atoms with Gasteiger partial charge in [0.25, 0.3) is 0 Å². The summed E-state index contributed by atoms with van der Waals surface area (Å²) in [6.07, 6.45) is 4.75. The van der Waals surface area contributed by atoms with Gasteiger partial charge in [-0.25, -0.2) is 4.98 Å². The fraction of sp³-hybridized carbons (Fsp3) is 0.429. The van der Waals surface area contributed by atoms with Crippen molar-refractivity contribution < 1.29 is 4.79 Å². The van der Waals surface area contributed by atoms with E-state index in [4.69, 9.17) is 5.73 Å². The Morgan fingerprint density at radius 1 is 1.55 bits per heavy atom. The minimum absolute atomic E-state index is 0.118. The van der Waals surface area contributed by atoms with Gasteiger partial charge in [0, 0.05) is 5.69 Å². The number of anilines is 1. The van der Waals surface area contributed by atoms with Gasteiger partial charge in [-0.15, -0.1) is 11.3 Å². The summed E-state index contributed by atoms with van der Waals surface area (Å²) in [5.41, 5.74) is 7.61. The number of aromatic nitrogens is 1. The second kappa shape index (κ2) is 7.06. The number of nitrogens with zero attached hydrogens (tertiary/aromatic N) is 1. The van der Waals surface area contributed by atoms with Gasteiger partial charge in [-0.2, -0.15) is 0 Å². The molecule has 6 heteroatoms. The predicted octanol–water partition coefficient (Wildman–Crippen LogP) is 3.47. The number of fused-ring (bicyclic) bond motifs is 1. The Labute approximate surface area is 127 Å². The zero-order chi connectivity index (χ0) is 14.5. The van der Waals surface area contributed by atoms with Crippen LogP contribution in [0.25, 0.3) is 10.2 Å². The van der Waals surface area contributed by atoms with Crippen molar-refractivity contribution in [3.05, 3.63) is 18.2 Å². The molecule has 0 aliphatic carbocycles. The number of amides is 1. The molecule has 1 amide bonds. The molecule has 1 heterocycles. The van der Waals surface area contributed by atoms with Crippen molar-refractivity contribution in [3.63, 3.8) is 0 Å². The number of nitrogens with one attached hydrogen (secondary N) is 1. The molecule has 0 saturated heterocycles. The van der Waals surface area contributed by atoms with Crippen LogP contribution in [0, 0.1) is 0 Å². The zero-order valence-electron chi connectivity index (χ0n) is 11.7. The van der Waals surface area contributed by atoms with E-state index < -0.39 is 6.04 Å². The Hall–Kier alpha value is -1.11. The van der Waals surface area contributed by atoms with E-state index in [0.717, 1.165) is 39.5 Å². The lowest BCUT2D eigenvalue weighted by Crippen LogP contribution is -2.35. The first-order chi connectivity index (χ1) is 9.63. The van der Waals surface area contributed by atoms with Crippen LogP contribution in [0.15, 0.2) is 22.5 Å². The van der Waals surface area contributed by atoms with Crippen molar-refractivity contribution >= 4 is 44.9 Å². The predicted molar refractivity (Wildman–Crippen MR) is 87.5 cm³/mol. The smallest absolute Gasteiger partial charge is 0.241 e. The van der Waals surface area contributed by atoms with Crippen LogP contribution in [0.2, 0.25) is 0 Å². The van der Waals surface area contributed by atoms with Gasteiger partial charge in [-0.3, -0.25) is 4.79 Å². The van der Waals surface area contributed by atoms with Gasteiger partial charge in [0.05, 0.1) is 16.3 Å². The molecule has 2 rings (SSSR count). The number of carbonyl (C=O) groups excluding carboxylic acids is 1. The highest BCUT2D eigenvalue weighted by molar-refractivity contribution is 8.00. The van der Waals surface area contributed by atoms with Gasteiger partial charge >= 0.3 is 0 Å². The van der Waals surface area contributed by atoms with Crippen LogP contribution in [0.5, 0.6) is 0 Å². The second-order valence-electron chi connectivity index (χ2n) is 4.60. The molecule has 0 bridgehead atoms. The van der Waals surface area contributed by atoms with Gasteiger partial charge < -0.3 is 11.1 Å². The zero-order valence-corrected chi connectivity index (χ0v) is 13.3. The molecule has 108 valence electrons. The Morgan fingerprint density at radius 3 is 3.05 bits per heavy atom. The Bertz CT molecular complexity index is 597. The Morgan fingerprint density at radius 2 is 2.35 bits per heavy atom. The SMILES string of the molecule is CCCC[C@H](N)C(=O)Nc1ccc2nc(SC)sc2c1. The van der Waals surface area contributed by atoms with Crippen LogP contribution in [-0.4, -0.2) is 23.2 Å². The molecule has 1 aromatic heterocycles. The molecule has 2 aromatic rings. The molecule has 0 aliphatic rings. The van der Waals surface area contributed by atoms with Gasteiger partial charge in [0.2, 0.25) is 5.91 Å². The minimum Gasteiger partial charge on any atom is -0.325 e. The molecule has 0 aliphatic heterocycles. The first-order valence-corrected chi connectivity index (χ1v) is 8.69. The number of hydrogen-bond acceptors (Lipinski definition) is 5. The van der Waals surface area contributed by atoms with E-state index in [9.17, 15) is 4.79 Å².